The highest BCUT2D eigenvalue weighted by atomic mass is 79.9. The third-order valence-electron chi connectivity index (χ3n) is 3.18. The van der Waals surface area contributed by atoms with E-state index in [-0.39, 0.29) is 17.6 Å². The molecular formula is C13H19BrN2O2. The molecule has 1 N–H and O–H groups in total. The Bertz CT molecular complexity index is 465. The summed E-state index contributed by atoms with van der Waals surface area (Å²) >= 11 is 3.30. The minimum Gasteiger partial charge on any atom is -0.378 e. The summed E-state index contributed by atoms with van der Waals surface area (Å²) in [5.41, 5.74) is 0.726. The van der Waals surface area contributed by atoms with Gasteiger partial charge >= 0.3 is 0 Å². The molecule has 0 aromatic carbocycles. The van der Waals surface area contributed by atoms with Crippen molar-refractivity contribution in [3.05, 3.63) is 26.3 Å². The van der Waals surface area contributed by atoms with Crippen molar-refractivity contribution >= 4 is 15.9 Å². The van der Waals surface area contributed by atoms with Gasteiger partial charge in [0.25, 0.3) is 5.56 Å². The van der Waals surface area contributed by atoms with Crippen LogP contribution in [0.4, 0.5) is 0 Å². The highest BCUT2D eigenvalue weighted by Crippen LogP contribution is 2.20. The van der Waals surface area contributed by atoms with E-state index in [1.807, 2.05) is 13.8 Å². The molecule has 1 unspecified atom stereocenters. The standard InChI is InChI=1S/C13H19BrN2O2/c1-8(2)12-11(14)13(17)16-10(15-12)7-9-5-3-4-6-18-9/h8-9H,3-7H2,1-2H3,(H,15,16,17). The second-order valence-electron chi connectivity index (χ2n) is 5.06. The average Bonchev–Trinajstić information content (AvgIpc) is 2.34. The fourth-order valence-corrected chi connectivity index (χ4v) is 2.83. The van der Waals surface area contributed by atoms with Crippen molar-refractivity contribution < 1.29 is 4.74 Å². The summed E-state index contributed by atoms with van der Waals surface area (Å²) < 4.78 is 6.23. The molecule has 18 heavy (non-hydrogen) atoms. The number of hydrogen-bond acceptors (Lipinski definition) is 3. The molecule has 100 valence electrons. The van der Waals surface area contributed by atoms with Crippen LogP contribution in [0.25, 0.3) is 0 Å². The zero-order chi connectivity index (χ0) is 13.1. The van der Waals surface area contributed by atoms with Gasteiger partial charge in [0, 0.05) is 13.0 Å². The molecule has 0 spiro atoms. The topological polar surface area (TPSA) is 55.0 Å². The highest BCUT2D eigenvalue weighted by molar-refractivity contribution is 9.10. The van der Waals surface area contributed by atoms with Crippen molar-refractivity contribution in [3.63, 3.8) is 0 Å². The Kier molecular flexibility index (Phi) is 4.56. The van der Waals surface area contributed by atoms with Crippen LogP contribution in [-0.2, 0) is 11.2 Å². The number of hydrogen-bond donors (Lipinski definition) is 1. The Morgan fingerprint density at radius 2 is 2.28 bits per heavy atom. The number of halogens is 1. The van der Waals surface area contributed by atoms with Crippen LogP contribution in [0.15, 0.2) is 9.27 Å². The van der Waals surface area contributed by atoms with E-state index in [1.165, 1.54) is 6.42 Å². The lowest BCUT2D eigenvalue weighted by atomic mass is 10.1. The van der Waals surface area contributed by atoms with E-state index in [9.17, 15) is 4.79 Å². The zero-order valence-corrected chi connectivity index (χ0v) is 12.4. The fourth-order valence-electron chi connectivity index (χ4n) is 2.19. The van der Waals surface area contributed by atoms with Crippen LogP contribution in [0.2, 0.25) is 0 Å². The Balaban J connectivity index is 2.20. The van der Waals surface area contributed by atoms with Gasteiger partial charge in [0.05, 0.1) is 11.8 Å². The van der Waals surface area contributed by atoms with Crippen LogP contribution >= 0.6 is 15.9 Å². The summed E-state index contributed by atoms with van der Waals surface area (Å²) in [6, 6.07) is 0. The lowest BCUT2D eigenvalue weighted by Gasteiger charge is -2.22. The van der Waals surface area contributed by atoms with E-state index in [4.69, 9.17) is 4.74 Å². The van der Waals surface area contributed by atoms with E-state index in [0.29, 0.717) is 10.9 Å². The minimum atomic E-state index is -0.0977. The maximum absolute atomic E-state index is 11.8. The predicted molar refractivity (Wildman–Crippen MR) is 73.9 cm³/mol. The number of aromatic amines is 1. The van der Waals surface area contributed by atoms with Gasteiger partial charge in [0.2, 0.25) is 0 Å². The number of H-pyrrole nitrogens is 1. The summed E-state index contributed by atoms with van der Waals surface area (Å²) in [7, 11) is 0. The number of rotatable bonds is 3. The second-order valence-corrected chi connectivity index (χ2v) is 5.85. The Morgan fingerprint density at radius 3 is 2.89 bits per heavy atom. The van der Waals surface area contributed by atoms with Crippen LogP contribution in [0, 0.1) is 0 Å². The van der Waals surface area contributed by atoms with Crippen LogP contribution in [0.1, 0.15) is 50.5 Å². The molecular weight excluding hydrogens is 296 g/mol. The predicted octanol–water partition coefficient (Wildman–Crippen LogP) is 2.77. The molecule has 0 bridgehead atoms. The summed E-state index contributed by atoms with van der Waals surface area (Å²) in [4.78, 5) is 19.2. The van der Waals surface area contributed by atoms with Crippen molar-refractivity contribution in [1.29, 1.82) is 0 Å². The van der Waals surface area contributed by atoms with E-state index in [1.54, 1.807) is 0 Å². The first-order valence-corrected chi connectivity index (χ1v) is 7.27. The quantitative estimate of drug-likeness (QED) is 0.933. The molecule has 2 heterocycles. The van der Waals surface area contributed by atoms with Gasteiger partial charge in [-0.05, 0) is 41.1 Å². The van der Waals surface area contributed by atoms with Crippen molar-refractivity contribution in [3.8, 4) is 0 Å². The van der Waals surface area contributed by atoms with Gasteiger partial charge in [-0.1, -0.05) is 13.8 Å². The third kappa shape index (κ3) is 3.20. The van der Waals surface area contributed by atoms with Crippen molar-refractivity contribution in [2.45, 2.75) is 51.6 Å². The van der Waals surface area contributed by atoms with E-state index in [0.717, 1.165) is 31.0 Å². The molecule has 1 aromatic heterocycles. The highest BCUT2D eigenvalue weighted by Gasteiger charge is 2.18. The SMILES string of the molecule is CC(C)c1nc(CC2CCCCO2)[nH]c(=O)c1Br. The van der Waals surface area contributed by atoms with Crippen LogP contribution in [-0.4, -0.2) is 22.7 Å². The van der Waals surface area contributed by atoms with Gasteiger partial charge in [-0.25, -0.2) is 4.98 Å². The Hall–Kier alpha value is -0.680. The first kappa shape index (κ1) is 13.7. The number of aromatic nitrogens is 2. The van der Waals surface area contributed by atoms with Gasteiger partial charge in [-0.2, -0.15) is 0 Å². The van der Waals surface area contributed by atoms with Crippen molar-refractivity contribution in [1.82, 2.24) is 9.97 Å². The molecule has 1 aliphatic heterocycles. The maximum Gasteiger partial charge on any atom is 0.265 e. The molecule has 5 heteroatoms. The zero-order valence-electron chi connectivity index (χ0n) is 10.8. The van der Waals surface area contributed by atoms with Crippen LogP contribution in [0.3, 0.4) is 0 Å². The van der Waals surface area contributed by atoms with Gasteiger partial charge in [0.15, 0.2) is 0 Å². The molecule has 2 rings (SSSR count). The normalized spacial score (nSPS) is 20.3. The Labute approximate surface area is 115 Å². The minimum absolute atomic E-state index is 0.0977. The average molecular weight is 315 g/mol. The summed E-state index contributed by atoms with van der Waals surface area (Å²) in [6.45, 7) is 4.89. The summed E-state index contributed by atoms with van der Waals surface area (Å²) in [5, 5.41) is 0. The molecule has 1 fully saturated rings. The van der Waals surface area contributed by atoms with Gasteiger partial charge in [-0.3, -0.25) is 4.79 Å². The van der Waals surface area contributed by atoms with E-state index in [2.05, 4.69) is 25.9 Å². The van der Waals surface area contributed by atoms with Crippen LogP contribution in [0.5, 0.6) is 0 Å². The molecule has 0 amide bonds. The lowest BCUT2D eigenvalue weighted by Crippen LogP contribution is -2.25. The maximum atomic E-state index is 11.8. The van der Waals surface area contributed by atoms with Crippen molar-refractivity contribution in [2.75, 3.05) is 6.61 Å². The number of nitrogens with zero attached hydrogens (tertiary/aromatic N) is 1. The second kappa shape index (κ2) is 5.97. The largest absolute Gasteiger partial charge is 0.378 e. The molecule has 1 aliphatic rings. The monoisotopic (exact) mass is 314 g/mol. The molecule has 0 radical (unpaired) electrons. The molecule has 1 saturated heterocycles. The first-order valence-electron chi connectivity index (χ1n) is 6.48. The van der Waals surface area contributed by atoms with Gasteiger partial charge < -0.3 is 9.72 Å². The van der Waals surface area contributed by atoms with Crippen molar-refractivity contribution in [2.24, 2.45) is 0 Å². The van der Waals surface area contributed by atoms with E-state index < -0.39 is 0 Å². The molecule has 0 aliphatic carbocycles. The third-order valence-corrected chi connectivity index (χ3v) is 3.95. The Morgan fingerprint density at radius 1 is 1.50 bits per heavy atom. The summed E-state index contributed by atoms with van der Waals surface area (Å²) in [6.07, 6.45) is 4.28. The van der Waals surface area contributed by atoms with Gasteiger partial charge in [-0.15, -0.1) is 0 Å². The number of ether oxygens (including phenoxy) is 1. The smallest absolute Gasteiger partial charge is 0.265 e. The molecule has 1 aromatic rings. The van der Waals surface area contributed by atoms with E-state index >= 15 is 0 Å². The first-order chi connectivity index (χ1) is 8.58. The molecule has 0 saturated carbocycles. The lowest BCUT2D eigenvalue weighted by molar-refractivity contribution is 0.0155. The molecule has 1 atom stereocenters. The molecule has 4 nitrogen and oxygen atoms in total. The number of nitrogens with one attached hydrogen (secondary N) is 1. The fraction of sp³-hybridized carbons (Fsp3) is 0.692. The summed E-state index contributed by atoms with van der Waals surface area (Å²) in [5.74, 6) is 0.964. The van der Waals surface area contributed by atoms with Gasteiger partial charge in [0.1, 0.15) is 10.3 Å². The van der Waals surface area contributed by atoms with Crippen LogP contribution < -0.4 is 5.56 Å².